The molecule has 0 unspecified atom stereocenters. The Hall–Kier alpha value is -1.35. The standard InChI is InChI=1S/C11H20N2O6S/c1-2-19-10(16)12-20(17,18)13-11(8-9(14)15)6-4-3-5-7-11/h13H,2-8H2,1H3,(H,12,16)(H,14,15). The quantitative estimate of drug-likeness (QED) is 0.665. The first-order chi connectivity index (χ1) is 9.29. The number of ether oxygens (including phenoxy) is 1. The molecule has 1 aliphatic rings. The summed E-state index contributed by atoms with van der Waals surface area (Å²) in [5.41, 5.74) is -1.04. The maximum atomic E-state index is 11.9. The number of amides is 1. The predicted molar refractivity (Wildman–Crippen MR) is 70.3 cm³/mol. The fourth-order valence-electron chi connectivity index (χ4n) is 2.41. The van der Waals surface area contributed by atoms with Gasteiger partial charge in [0.15, 0.2) is 0 Å². The highest BCUT2D eigenvalue weighted by atomic mass is 32.2. The first-order valence-electron chi connectivity index (χ1n) is 6.49. The van der Waals surface area contributed by atoms with Gasteiger partial charge in [-0.2, -0.15) is 13.1 Å². The van der Waals surface area contributed by atoms with E-state index in [0.717, 1.165) is 19.3 Å². The van der Waals surface area contributed by atoms with Crippen LogP contribution < -0.4 is 9.44 Å². The summed E-state index contributed by atoms with van der Waals surface area (Å²) in [7, 11) is -4.14. The van der Waals surface area contributed by atoms with Crippen molar-refractivity contribution in [2.75, 3.05) is 6.61 Å². The summed E-state index contributed by atoms with van der Waals surface area (Å²) < 4.78 is 32.2. The number of aliphatic carboxylic acids is 1. The number of hydrogen-bond acceptors (Lipinski definition) is 5. The topological polar surface area (TPSA) is 122 Å². The Balaban J connectivity index is 2.77. The van der Waals surface area contributed by atoms with E-state index < -0.39 is 27.8 Å². The van der Waals surface area contributed by atoms with Crippen LogP contribution in [0.1, 0.15) is 45.4 Å². The molecule has 20 heavy (non-hydrogen) atoms. The normalized spacial score (nSPS) is 18.2. The minimum atomic E-state index is -4.14. The van der Waals surface area contributed by atoms with Crippen molar-refractivity contribution in [2.24, 2.45) is 0 Å². The molecule has 1 saturated carbocycles. The number of carboxylic acid groups (broad SMARTS) is 1. The fraction of sp³-hybridized carbons (Fsp3) is 0.818. The van der Waals surface area contributed by atoms with Gasteiger partial charge in [0.1, 0.15) is 0 Å². The van der Waals surface area contributed by atoms with E-state index in [0.29, 0.717) is 12.8 Å². The number of rotatable bonds is 6. The lowest BCUT2D eigenvalue weighted by atomic mass is 9.80. The van der Waals surface area contributed by atoms with Crippen molar-refractivity contribution < 1.29 is 27.9 Å². The lowest BCUT2D eigenvalue weighted by Gasteiger charge is -2.36. The van der Waals surface area contributed by atoms with E-state index >= 15 is 0 Å². The molecule has 0 aromatic rings. The Morgan fingerprint density at radius 1 is 1.25 bits per heavy atom. The van der Waals surface area contributed by atoms with Gasteiger partial charge in [0, 0.05) is 5.54 Å². The van der Waals surface area contributed by atoms with Crippen molar-refractivity contribution in [1.29, 1.82) is 0 Å². The van der Waals surface area contributed by atoms with Gasteiger partial charge >= 0.3 is 22.3 Å². The molecular weight excluding hydrogens is 288 g/mol. The van der Waals surface area contributed by atoms with Gasteiger partial charge in [0.05, 0.1) is 13.0 Å². The second-order valence-electron chi connectivity index (χ2n) is 4.84. The second kappa shape index (κ2) is 6.89. The van der Waals surface area contributed by atoms with Gasteiger partial charge in [-0.25, -0.2) is 9.52 Å². The molecule has 1 amide bonds. The van der Waals surface area contributed by atoms with E-state index in [-0.39, 0.29) is 13.0 Å². The summed E-state index contributed by atoms with van der Waals surface area (Å²) in [6.07, 6.45) is 1.91. The smallest absolute Gasteiger partial charge is 0.421 e. The van der Waals surface area contributed by atoms with Gasteiger partial charge in [-0.15, -0.1) is 0 Å². The molecule has 116 valence electrons. The molecule has 0 bridgehead atoms. The Morgan fingerprint density at radius 3 is 2.35 bits per heavy atom. The van der Waals surface area contributed by atoms with Gasteiger partial charge in [-0.3, -0.25) is 4.79 Å². The molecule has 8 nitrogen and oxygen atoms in total. The molecule has 1 fully saturated rings. The van der Waals surface area contributed by atoms with Crippen molar-refractivity contribution in [3.8, 4) is 0 Å². The summed E-state index contributed by atoms with van der Waals surface area (Å²) in [6, 6.07) is 0. The largest absolute Gasteiger partial charge is 0.481 e. The third-order valence-corrected chi connectivity index (χ3v) is 4.28. The Labute approximate surface area is 118 Å². The summed E-state index contributed by atoms with van der Waals surface area (Å²) >= 11 is 0. The van der Waals surface area contributed by atoms with Crippen molar-refractivity contribution in [2.45, 2.75) is 51.0 Å². The average molecular weight is 308 g/mol. The molecule has 1 aliphatic carbocycles. The number of carbonyl (C=O) groups excluding carboxylic acids is 1. The summed E-state index contributed by atoms with van der Waals surface area (Å²) in [6.45, 7) is 1.59. The predicted octanol–water partition coefficient (Wildman–Crippen LogP) is 0.744. The van der Waals surface area contributed by atoms with Gasteiger partial charge in [0.2, 0.25) is 0 Å². The molecule has 0 aliphatic heterocycles. The lowest BCUT2D eigenvalue weighted by Crippen LogP contribution is -2.55. The van der Waals surface area contributed by atoms with Crippen molar-refractivity contribution >= 4 is 22.3 Å². The molecule has 0 saturated heterocycles. The van der Waals surface area contributed by atoms with Gasteiger partial charge in [-0.05, 0) is 19.8 Å². The Bertz CT molecular complexity index is 456. The summed E-state index contributed by atoms with van der Waals surface area (Å²) in [5, 5.41) is 8.95. The first-order valence-corrected chi connectivity index (χ1v) is 7.97. The van der Waals surface area contributed by atoms with E-state index in [1.54, 1.807) is 11.6 Å². The van der Waals surface area contributed by atoms with Crippen LogP contribution in [0.4, 0.5) is 4.79 Å². The number of carboxylic acids is 1. The van der Waals surface area contributed by atoms with Crippen LogP contribution in [0.15, 0.2) is 0 Å². The molecule has 0 aromatic heterocycles. The molecule has 0 aromatic carbocycles. The van der Waals surface area contributed by atoms with Crippen LogP contribution >= 0.6 is 0 Å². The molecule has 0 heterocycles. The van der Waals surface area contributed by atoms with E-state index in [4.69, 9.17) is 5.11 Å². The van der Waals surface area contributed by atoms with E-state index in [1.807, 2.05) is 0 Å². The van der Waals surface area contributed by atoms with Crippen molar-refractivity contribution in [1.82, 2.24) is 9.44 Å². The monoisotopic (exact) mass is 308 g/mol. The summed E-state index contributed by atoms with van der Waals surface area (Å²) in [4.78, 5) is 22.1. The van der Waals surface area contributed by atoms with Crippen molar-refractivity contribution in [3.05, 3.63) is 0 Å². The molecule has 0 radical (unpaired) electrons. The number of nitrogens with one attached hydrogen (secondary N) is 2. The minimum Gasteiger partial charge on any atom is -0.481 e. The minimum absolute atomic E-state index is 0.0433. The second-order valence-corrected chi connectivity index (χ2v) is 6.25. The lowest BCUT2D eigenvalue weighted by molar-refractivity contribution is -0.138. The molecule has 0 spiro atoms. The number of hydrogen-bond donors (Lipinski definition) is 3. The van der Waals surface area contributed by atoms with Crippen LogP contribution in [0.25, 0.3) is 0 Å². The third kappa shape index (κ3) is 5.33. The average Bonchev–Trinajstić information content (AvgIpc) is 2.26. The highest BCUT2D eigenvalue weighted by molar-refractivity contribution is 7.88. The molecule has 9 heteroatoms. The van der Waals surface area contributed by atoms with E-state index in [2.05, 4.69) is 9.46 Å². The molecule has 3 N–H and O–H groups in total. The zero-order valence-electron chi connectivity index (χ0n) is 11.3. The van der Waals surface area contributed by atoms with Crippen LogP contribution in [-0.4, -0.2) is 37.7 Å². The third-order valence-electron chi connectivity index (χ3n) is 3.14. The first kappa shape index (κ1) is 16.7. The SMILES string of the molecule is CCOC(=O)NS(=O)(=O)NC1(CC(=O)O)CCCCC1. The van der Waals surface area contributed by atoms with E-state index in [9.17, 15) is 18.0 Å². The van der Waals surface area contributed by atoms with Gasteiger partial charge in [0.25, 0.3) is 0 Å². The van der Waals surface area contributed by atoms with E-state index in [1.165, 1.54) is 0 Å². The summed E-state index contributed by atoms with van der Waals surface area (Å²) in [5.74, 6) is -1.08. The maximum absolute atomic E-state index is 11.9. The van der Waals surface area contributed by atoms with Crippen LogP contribution in [0.2, 0.25) is 0 Å². The van der Waals surface area contributed by atoms with Crippen molar-refractivity contribution in [3.63, 3.8) is 0 Å². The highest BCUT2D eigenvalue weighted by Gasteiger charge is 2.38. The zero-order chi connectivity index (χ0) is 15.2. The molecule has 0 atom stereocenters. The van der Waals surface area contributed by atoms with Crippen LogP contribution in [0, 0.1) is 0 Å². The Morgan fingerprint density at radius 2 is 1.85 bits per heavy atom. The Kier molecular flexibility index (Phi) is 5.75. The van der Waals surface area contributed by atoms with Gasteiger partial charge in [-0.1, -0.05) is 19.3 Å². The highest BCUT2D eigenvalue weighted by Crippen LogP contribution is 2.31. The maximum Gasteiger partial charge on any atom is 0.421 e. The van der Waals surface area contributed by atoms with Crippen LogP contribution in [-0.2, 0) is 19.7 Å². The van der Waals surface area contributed by atoms with Gasteiger partial charge < -0.3 is 9.84 Å². The number of carbonyl (C=O) groups is 2. The van der Waals surface area contributed by atoms with Crippen LogP contribution in [0.5, 0.6) is 0 Å². The molecule has 1 rings (SSSR count). The molecular formula is C11H20N2O6S. The van der Waals surface area contributed by atoms with Crippen LogP contribution in [0.3, 0.4) is 0 Å². The zero-order valence-corrected chi connectivity index (χ0v) is 12.2. The fourth-order valence-corrected chi connectivity index (χ4v) is 3.59.